The number of benzene rings is 2. The van der Waals surface area contributed by atoms with Gasteiger partial charge >= 0.3 is 11.3 Å². The van der Waals surface area contributed by atoms with Crippen LogP contribution in [0.3, 0.4) is 0 Å². The molecule has 10 nitrogen and oxygen atoms in total. The highest BCUT2D eigenvalue weighted by Crippen LogP contribution is 2.34. The first-order chi connectivity index (χ1) is 15.7. The van der Waals surface area contributed by atoms with Crippen molar-refractivity contribution in [1.29, 1.82) is 0 Å². The van der Waals surface area contributed by atoms with E-state index in [0.29, 0.717) is 29.9 Å². The summed E-state index contributed by atoms with van der Waals surface area (Å²) in [6.45, 7) is 3.88. The van der Waals surface area contributed by atoms with Crippen molar-refractivity contribution < 1.29 is 33.8 Å². The number of carbonyl (C=O) groups excluding carboxylic acids is 1. The van der Waals surface area contributed by atoms with Gasteiger partial charge in [0.2, 0.25) is 5.75 Å². The molecule has 0 bridgehead atoms. The lowest BCUT2D eigenvalue weighted by Gasteiger charge is -2.15. The maximum Gasteiger partial charge on any atom is 0.419 e. The molecule has 3 rings (SSSR count). The van der Waals surface area contributed by atoms with Crippen LogP contribution in [0, 0.1) is 10.1 Å². The van der Waals surface area contributed by atoms with E-state index in [-0.39, 0.29) is 41.3 Å². The van der Waals surface area contributed by atoms with Gasteiger partial charge in [0, 0.05) is 18.1 Å². The molecule has 0 aliphatic rings. The molecule has 174 valence electrons. The summed E-state index contributed by atoms with van der Waals surface area (Å²) in [6, 6.07) is 7.41. The van der Waals surface area contributed by atoms with Crippen molar-refractivity contribution in [2.45, 2.75) is 33.1 Å². The minimum atomic E-state index is -1.25. The number of fused-ring (bicyclic) bond motifs is 1. The van der Waals surface area contributed by atoms with Crippen molar-refractivity contribution in [3.8, 4) is 23.0 Å². The van der Waals surface area contributed by atoms with Crippen molar-refractivity contribution in [3.63, 3.8) is 0 Å². The Balaban J connectivity index is 1.63. The third-order valence-electron chi connectivity index (χ3n) is 4.95. The zero-order valence-corrected chi connectivity index (χ0v) is 18.1. The van der Waals surface area contributed by atoms with Crippen LogP contribution >= 0.6 is 0 Å². The molecule has 0 spiro atoms. The van der Waals surface area contributed by atoms with Crippen LogP contribution < -0.4 is 15.1 Å². The van der Waals surface area contributed by atoms with E-state index in [2.05, 4.69) is 0 Å². The third-order valence-corrected chi connectivity index (χ3v) is 4.95. The van der Waals surface area contributed by atoms with Gasteiger partial charge in [0.15, 0.2) is 5.78 Å². The molecule has 0 aliphatic heterocycles. The Labute approximate surface area is 188 Å². The van der Waals surface area contributed by atoms with Crippen molar-refractivity contribution in [3.05, 3.63) is 62.0 Å². The van der Waals surface area contributed by atoms with Crippen LogP contribution in [0.15, 0.2) is 39.5 Å². The van der Waals surface area contributed by atoms with Crippen LogP contribution in [0.25, 0.3) is 11.0 Å². The summed E-state index contributed by atoms with van der Waals surface area (Å²) in [5, 5.41) is 31.3. The second-order valence-corrected chi connectivity index (χ2v) is 7.30. The molecule has 0 fully saturated rings. The van der Waals surface area contributed by atoms with Crippen molar-refractivity contribution >= 4 is 22.4 Å². The van der Waals surface area contributed by atoms with E-state index in [1.807, 2.05) is 6.92 Å². The van der Waals surface area contributed by atoms with Gasteiger partial charge in [-0.2, -0.15) is 0 Å². The smallest absolute Gasteiger partial charge is 0.419 e. The Morgan fingerprint density at radius 3 is 2.52 bits per heavy atom. The summed E-state index contributed by atoms with van der Waals surface area (Å²) < 4.78 is 16.3. The molecule has 0 unspecified atom stereocenters. The number of hydrogen-bond donors (Lipinski definition) is 2. The molecule has 0 atom stereocenters. The Morgan fingerprint density at radius 1 is 1.12 bits per heavy atom. The normalized spacial score (nSPS) is 10.8. The molecule has 10 heteroatoms. The van der Waals surface area contributed by atoms with Crippen LogP contribution in [-0.4, -0.2) is 34.1 Å². The number of Topliss-reactive ketones (excluding diaryl/α,β-unsaturated/α-hetero) is 1. The van der Waals surface area contributed by atoms with E-state index in [9.17, 15) is 29.9 Å². The van der Waals surface area contributed by atoms with E-state index in [0.717, 1.165) is 6.42 Å². The first-order valence-corrected chi connectivity index (χ1v) is 10.3. The molecule has 2 N–H and O–H groups in total. The molecule has 1 heterocycles. The largest absolute Gasteiger partial charge is 0.507 e. The maximum atomic E-state index is 11.7. The summed E-state index contributed by atoms with van der Waals surface area (Å²) >= 11 is 0. The van der Waals surface area contributed by atoms with Crippen LogP contribution in [0.5, 0.6) is 23.0 Å². The molecule has 0 saturated heterocycles. The number of rotatable bonds is 10. The van der Waals surface area contributed by atoms with Crippen molar-refractivity contribution in [2.24, 2.45) is 0 Å². The highest BCUT2D eigenvalue weighted by molar-refractivity contribution is 5.97. The molecular weight excluding hydrogens is 434 g/mol. The van der Waals surface area contributed by atoms with Crippen LogP contribution in [0.2, 0.25) is 0 Å². The Bertz CT molecular complexity index is 1260. The van der Waals surface area contributed by atoms with Gasteiger partial charge in [0.25, 0.3) is 0 Å². The topological polar surface area (TPSA) is 149 Å². The van der Waals surface area contributed by atoms with Crippen molar-refractivity contribution in [2.75, 3.05) is 13.2 Å². The van der Waals surface area contributed by atoms with Crippen LogP contribution in [-0.2, 0) is 6.42 Å². The highest BCUT2D eigenvalue weighted by Gasteiger charge is 2.24. The quantitative estimate of drug-likeness (QED) is 0.151. The minimum Gasteiger partial charge on any atom is -0.507 e. The van der Waals surface area contributed by atoms with Gasteiger partial charge in [-0.3, -0.25) is 14.9 Å². The fourth-order valence-electron chi connectivity index (χ4n) is 3.37. The van der Waals surface area contributed by atoms with E-state index < -0.39 is 22.0 Å². The minimum absolute atomic E-state index is 0.0225. The number of nitro groups is 1. The number of carbonyl (C=O) groups is 1. The summed E-state index contributed by atoms with van der Waals surface area (Å²) in [4.78, 5) is 33.3. The van der Waals surface area contributed by atoms with E-state index in [1.54, 1.807) is 6.07 Å². The second kappa shape index (κ2) is 10.0. The number of ether oxygens (including phenoxy) is 2. The van der Waals surface area contributed by atoms with Crippen molar-refractivity contribution in [1.82, 2.24) is 0 Å². The molecule has 33 heavy (non-hydrogen) atoms. The van der Waals surface area contributed by atoms with Gasteiger partial charge in [0.1, 0.15) is 22.8 Å². The molecule has 0 saturated carbocycles. The third kappa shape index (κ3) is 5.05. The molecule has 0 radical (unpaired) electrons. The van der Waals surface area contributed by atoms with E-state index in [1.165, 1.54) is 31.2 Å². The number of phenolic OH excluding ortho intramolecular Hbond substituents is 1. The SMILES string of the molecule is CCCc1c(OCCCOc2ccc3c(O)c([N+](=O)[O-])c(=O)oc3c2)ccc(C(C)=O)c1O. The number of hydrogen-bond acceptors (Lipinski definition) is 9. The summed E-state index contributed by atoms with van der Waals surface area (Å²) in [7, 11) is 0. The number of ketones is 1. The molecule has 3 aromatic rings. The van der Waals surface area contributed by atoms with Crippen LogP contribution in [0.1, 0.15) is 42.6 Å². The van der Waals surface area contributed by atoms with Crippen LogP contribution in [0.4, 0.5) is 5.69 Å². The molecule has 2 aromatic carbocycles. The lowest BCUT2D eigenvalue weighted by atomic mass is 10.0. The number of phenols is 1. The first-order valence-electron chi connectivity index (χ1n) is 10.3. The summed E-state index contributed by atoms with van der Waals surface area (Å²) in [6.07, 6.45) is 1.81. The second-order valence-electron chi connectivity index (χ2n) is 7.30. The molecule has 0 amide bonds. The zero-order valence-electron chi connectivity index (χ0n) is 18.1. The highest BCUT2D eigenvalue weighted by atomic mass is 16.6. The standard InChI is InChI=1S/C23H23NO9/c1-3-5-16-18(9-8-15(13(2)25)21(16)26)32-11-4-10-31-14-6-7-17-19(12-14)33-23(28)20(22(17)27)24(29)30/h6-9,12,26-27H,3-5,10-11H2,1-2H3. The monoisotopic (exact) mass is 457 g/mol. The van der Waals surface area contributed by atoms with E-state index >= 15 is 0 Å². The fourth-order valence-corrected chi connectivity index (χ4v) is 3.37. The Morgan fingerprint density at radius 2 is 1.85 bits per heavy atom. The van der Waals surface area contributed by atoms with Gasteiger partial charge in [-0.15, -0.1) is 0 Å². The Hall–Kier alpha value is -4.08. The zero-order chi connectivity index (χ0) is 24.1. The predicted molar refractivity (Wildman–Crippen MR) is 119 cm³/mol. The Kier molecular flexibility index (Phi) is 7.17. The van der Waals surface area contributed by atoms with Gasteiger partial charge in [-0.1, -0.05) is 13.3 Å². The van der Waals surface area contributed by atoms with Gasteiger partial charge in [-0.25, -0.2) is 4.79 Å². The molecule has 0 aliphatic carbocycles. The van der Waals surface area contributed by atoms with E-state index in [4.69, 9.17) is 13.9 Å². The van der Waals surface area contributed by atoms with Gasteiger partial charge in [0.05, 0.1) is 29.1 Å². The fraction of sp³-hybridized carbons (Fsp3) is 0.304. The average molecular weight is 457 g/mol. The molecule has 1 aromatic heterocycles. The number of nitrogens with zero attached hydrogens (tertiary/aromatic N) is 1. The lowest BCUT2D eigenvalue weighted by molar-refractivity contribution is -0.388. The maximum absolute atomic E-state index is 11.7. The van der Waals surface area contributed by atoms with Gasteiger partial charge < -0.3 is 24.1 Å². The summed E-state index contributed by atoms with van der Waals surface area (Å²) in [5.74, 6) is -0.191. The number of aromatic hydroxyl groups is 2. The van der Waals surface area contributed by atoms with Gasteiger partial charge in [-0.05, 0) is 37.6 Å². The first kappa shape index (κ1) is 23.6. The molecular formula is C23H23NO9. The lowest BCUT2D eigenvalue weighted by Crippen LogP contribution is -2.08. The average Bonchev–Trinajstić information content (AvgIpc) is 2.75. The summed E-state index contributed by atoms with van der Waals surface area (Å²) in [5.41, 5.74) is -1.46. The predicted octanol–water partition coefficient (Wildman–Crippen LogP) is 4.12.